The zero-order valence-corrected chi connectivity index (χ0v) is 24.9. The molecule has 44 heavy (non-hydrogen) atoms. The third kappa shape index (κ3) is 4.19. The van der Waals surface area contributed by atoms with Crippen molar-refractivity contribution in [2.75, 3.05) is 9.80 Å². The first-order valence-electron chi connectivity index (χ1n) is 15.2. The third-order valence-corrected chi connectivity index (χ3v) is 8.80. The summed E-state index contributed by atoms with van der Waals surface area (Å²) in [4.78, 5) is 4.85. The van der Waals surface area contributed by atoms with E-state index in [0.29, 0.717) is 0 Å². The second-order valence-electron chi connectivity index (χ2n) is 11.5. The fourth-order valence-electron chi connectivity index (χ4n) is 6.79. The summed E-state index contributed by atoms with van der Waals surface area (Å²) in [7, 11) is 0. The van der Waals surface area contributed by atoms with Crippen molar-refractivity contribution in [2.24, 2.45) is 0 Å². The van der Waals surface area contributed by atoms with Gasteiger partial charge in [-0.1, -0.05) is 109 Å². The maximum Gasteiger partial charge on any atom is 0.0546 e. The molecule has 0 saturated carbocycles. The fourth-order valence-corrected chi connectivity index (χ4v) is 6.79. The molecule has 0 aliphatic heterocycles. The predicted octanol–water partition coefficient (Wildman–Crippen LogP) is 12.1. The first-order valence-corrected chi connectivity index (χ1v) is 15.2. The summed E-state index contributed by atoms with van der Waals surface area (Å²) in [5.74, 6) is 0. The Bertz CT molecular complexity index is 2100. The average Bonchev–Trinajstić information content (AvgIpc) is 3.07. The molecule has 8 aromatic rings. The lowest BCUT2D eigenvalue weighted by Gasteiger charge is -2.31. The molecule has 0 amide bonds. The van der Waals surface area contributed by atoms with E-state index in [1.54, 1.807) is 0 Å². The SMILES string of the molecule is Cc1ccccc1N(c1ccccc1)c1cc2cccc3cc(N(c4ccccc4)c4ccccc4C)c4cccc1c4c23. The standard InChI is InChI=1S/C42H32N2/c1-29-15-9-11-25-37(29)43(33-19-5-3-6-20-33)39-27-31-17-13-18-32-28-40(36-24-14-23-35(39)42(36)41(31)32)44(34-21-7-4-8-22-34)38-26-12-10-16-30(38)2/h3-28H,1-2H3. The lowest BCUT2D eigenvalue weighted by molar-refractivity contribution is 1.26. The molecule has 0 unspecified atom stereocenters. The van der Waals surface area contributed by atoms with Crippen LogP contribution in [0.25, 0.3) is 32.3 Å². The van der Waals surface area contributed by atoms with Gasteiger partial charge >= 0.3 is 0 Å². The molecule has 0 radical (unpaired) electrons. The summed E-state index contributed by atoms with van der Waals surface area (Å²) in [5, 5.41) is 7.54. The average molecular weight is 565 g/mol. The minimum Gasteiger partial charge on any atom is -0.310 e. The highest BCUT2D eigenvalue weighted by atomic mass is 15.2. The van der Waals surface area contributed by atoms with Crippen molar-refractivity contribution in [1.82, 2.24) is 0 Å². The summed E-state index contributed by atoms with van der Waals surface area (Å²) in [5.41, 5.74) is 9.46. The molecule has 2 heteroatoms. The third-order valence-electron chi connectivity index (χ3n) is 8.80. The molecule has 0 atom stereocenters. The van der Waals surface area contributed by atoms with Gasteiger partial charge in [-0.25, -0.2) is 0 Å². The molecule has 0 spiro atoms. The lowest BCUT2D eigenvalue weighted by atomic mass is 9.90. The Kier molecular flexibility index (Phi) is 6.27. The normalized spacial score (nSPS) is 11.4. The van der Waals surface area contributed by atoms with Crippen LogP contribution in [-0.4, -0.2) is 0 Å². The molecule has 0 bridgehead atoms. The monoisotopic (exact) mass is 564 g/mol. The number of rotatable bonds is 6. The number of aryl methyl sites for hydroxylation is 2. The summed E-state index contributed by atoms with van der Waals surface area (Å²) < 4.78 is 0. The molecular weight excluding hydrogens is 532 g/mol. The van der Waals surface area contributed by atoms with Gasteiger partial charge in [-0.3, -0.25) is 0 Å². The molecule has 0 aliphatic carbocycles. The van der Waals surface area contributed by atoms with Gasteiger partial charge in [0, 0.05) is 38.9 Å². The quantitative estimate of drug-likeness (QED) is 0.185. The van der Waals surface area contributed by atoms with E-state index in [0.717, 1.165) is 11.4 Å². The maximum atomic E-state index is 2.43. The van der Waals surface area contributed by atoms with Gasteiger partial charge < -0.3 is 9.80 Å². The van der Waals surface area contributed by atoms with Crippen LogP contribution in [0.15, 0.2) is 158 Å². The molecule has 0 fully saturated rings. The number of nitrogens with zero attached hydrogens (tertiary/aromatic N) is 2. The molecule has 210 valence electrons. The Morgan fingerprint density at radius 2 is 0.750 bits per heavy atom. The van der Waals surface area contributed by atoms with E-state index in [1.165, 1.54) is 66.2 Å². The Hall–Kier alpha value is -5.60. The van der Waals surface area contributed by atoms with Crippen LogP contribution in [0.1, 0.15) is 11.1 Å². The number of para-hydroxylation sites is 4. The first kappa shape index (κ1) is 26.1. The van der Waals surface area contributed by atoms with Crippen LogP contribution in [0, 0.1) is 13.8 Å². The minimum atomic E-state index is 1.14. The van der Waals surface area contributed by atoms with Crippen LogP contribution >= 0.6 is 0 Å². The van der Waals surface area contributed by atoms with Crippen LogP contribution < -0.4 is 9.80 Å². The number of benzene rings is 8. The molecule has 8 aromatic carbocycles. The number of hydrogen-bond acceptors (Lipinski definition) is 2. The van der Waals surface area contributed by atoms with Gasteiger partial charge in [0.25, 0.3) is 0 Å². The largest absolute Gasteiger partial charge is 0.310 e. The van der Waals surface area contributed by atoms with Crippen LogP contribution in [0.3, 0.4) is 0 Å². The van der Waals surface area contributed by atoms with Crippen molar-refractivity contribution in [3.63, 3.8) is 0 Å². The van der Waals surface area contributed by atoms with Crippen molar-refractivity contribution < 1.29 is 0 Å². The van der Waals surface area contributed by atoms with Gasteiger partial charge in [-0.05, 0) is 89.7 Å². The Morgan fingerprint density at radius 3 is 1.20 bits per heavy atom. The van der Waals surface area contributed by atoms with Gasteiger partial charge in [0.15, 0.2) is 0 Å². The van der Waals surface area contributed by atoms with E-state index >= 15 is 0 Å². The second kappa shape index (κ2) is 10.6. The van der Waals surface area contributed by atoms with Gasteiger partial charge in [0.05, 0.1) is 11.4 Å². The van der Waals surface area contributed by atoms with Crippen LogP contribution in [-0.2, 0) is 0 Å². The van der Waals surface area contributed by atoms with Crippen molar-refractivity contribution in [3.8, 4) is 0 Å². The van der Waals surface area contributed by atoms with Gasteiger partial charge in [0.1, 0.15) is 0 Å². The predicted molar refractivity (Wildman–Crippen MR) is 189 cm³/mol. The highest BCUT2D eigenvalue weighted by Gasteiger charge is 2.24. The fraction of sp³-hybridized carbons (Fsp3) is 0.0476. The van der Waals surface area contributed by atoms with E-state index in [9.17, 15) is 0 Å². The molecule has 0 N–H and O–H groups in total. The molecule has 0 aliphatic rings. The van der Waals surface area contributed by atoms with E-state index in [2.05, 4.69) is 181 Å². The molecule has 0 saturated heterocycles. The topological polar surface area (TPSA) is 6.48 Å². The van der Waals surface area contributed by atoms with Gasteiger partial charge in [-0.15, -0.1) is 0 Å². The van der Waals surface area contributed by atoms with E-state index in [-0.39, 0.29) is 0 Å². The van der Waals surface area contributed by atoms with Crippen LogP contribution in [0.5, 0.6) is 0 Å². The summed E-state index contributed by atoms with van der Waals surface area (Å²) in [6, 6.07) is 57.1. The summed E-state index contributed by atoms with van der Waals surface area (Å²) in [6.45, 7) is 4.39. The van der Waals surface area contributed by atoms with Gasteiger partial charge in [0.2, 0.25) is 0 Å². The minimum absolute atomic E-state index is 1.14. The first-order chi connectivity index (χ1) is 21.7. The molecule has 0 aromatic heterocycles. The summed E-state index contributed by atoms with van der Waals surface area (Å²) >= 11 is 0. The van der Waals surface area contributed by atoms with E-state index < -0.39 is 0 Å². The Morgan fingerprint density at radius 1 is 0.341 bits per heavy atom. The van der Waals surface area contributed by atoms with E-state index in [4.69, 9.17) is 0 Å². The van der Waals surface area contributed by atoms with Crippen molar-refractivity contribution >= 4 is 66.4 Å². The number of anilines is 6. The summed E-state index contributed by atoms with van der Waals surface area (Å²) in [6.07, 6.45) is 0. The van der Waals surface area contributed by atoms with Crippen LogP contribution in [0.4, 0.5) is 34.1 Å². The van der Waals surface area contributed by atoms with Crippen LogP contribution in [0.2, 0.25) is 0 Å². The molecule has 8 rings (SSSR count). The van der Waals surface area contributed by atoms with Crippen molar-refractivity contribution in [2.45, 2.75) is 13.8 Å². The Labute approximate surface area is 258 Å². The Balaban J connectivity index is 1.50. The zero-order chi connectivity index (χ0) is 29.6. The highest BCUT2D eigenvalue weighted by molar-refractivity contribution is 6.29. The lowest BCUT2D eigenvalue weighted by Crippen LogP contribution is -2.13. The van der Waals surface area contributed by atoms with E-state index in [1.807, 2.05) is 0 Å². The maximum absolute atomic E-state index is 2.43. The smallest absolute Gasteiger partial charge is 0.0546 e. The molecule has 0 heterocycles. The second-order valence-corrected chi connectivity index (χ2v) is 11.5. The van der Waals surface area contributed by atoms with Crippen molar-refractivity contribution in [3.05, 3.63) is 169 Å². The molecule has 2 nitrogen and oxygen atoms in total. The zero-order valence-electron chi connectivity index (χ0n) is 24.9. The highest BCUT2D eigenvalue weighted by Crippen LogP contribution is 2.49. The van der Waals surface area contributed by atoms with Gasteiger partial charge in [-0.2, -0.15) is 0 Å². The molecular formula is C42H32N2. The number of hydrogen-bond donors (Lipinski definition) is 0. The van der Waals surface area contributed by atoms with Crippen molar-refractivity contribution in [1.29, 1.82) is 0 Å².